The molecule has 3 rings (SSSR count). The predicted molar refractivity (Wildman–Crippen MR) is 69.7 cm³/mol. The van der Waals surface area contributed by atoms with E-state index in [1.807, 2.05) is 6.07 Å². The van der Waals surface area contributed by atoms with Crippen LogP contribution in [-0.4, -0.2) is 20.1 Å². The summed E-state index contributed by atoms with van der Waals surface area (Å²) in [5.74, 6) is 1.13. The van der Waals surface area contributed by atoms with Crippen LogP contribution in [0.3, 0.4) is 0 Å². The molecule has 8 heteroatoms. The Morgan fingerprint density at radius 3 is 2.95 bits per heavy atom. The van der Waals surface area contributed by atoms with Crippen molar-refractivity contribution in [3.05, 3.63) is 39.3 Å². The summed E-state index contributed by atoms with van der Waals surface area (Å²) in [5, 5.41) is 20.8. The fourth-order valence-corrected chi connectivity index (χ4v) is 1.92. The molecule has 0 amide bonds. The summed E-state index contributed by atoms with van der Waals surface area (Å²) in [7, 11) is 0. The van der Waals surface area contributed by atoms with E-state index in [9.17, 15) is 10.1 Å². The summed E-state index contributed by atoms with van der Waals surface area (Å²) >= 11 is 5.90. The first-order valence-electron chi connectivity index (χ1n) is 5.76. The van der Waals surface area contributed by atoms with Crippen molar-refractivity contribution in [2.45, 2.75) is 18.8 Å². The number of nitro groups is 1. The highest BCUT2D eigenvalue weighted by molar-refractivity contribution is 6.32. The number of aromatic amines is 1. The lowest BCUT2D eigenvalue weighted by Gasteiger charge is -2.03. The standard InChI is InChI=1S/C11H10ClN5O2/c12-11-9(3-7(5-13-11)17(18)19)14-10-4-8(15-16-10)6-1-2-6/h3-6H,1-2H2,(H2,14,15,16). The molecule has 7 nitrogen and oxygen atoms in total. The van der Waals surface area contributed by atoms with Crippen LogP contribution in [0.1, 0.15) is 24.5 Å². The van der Waals surface area contributed by atoms with Crippen LogP contribution in [0.2, 0.25) is 5.15 Å². The van der Waals surface area contributed by atoms with Crippen LogP contribution in [0.25, 0.3) is 0 Å². The number of halogens is 1. The molecule has 0 unspecified atom stereocenters. The first-order valence-corrected chi connectivity index (χ1v) is 6.13. The van der Waals surface area contributed by atoms with Gasteiger partial charge in [-0.3, -0.25) is 15.2 Å². The van der Waals surface area contributed by atoms with Crippen molar-refractivity contribution < 1.29 is 4.92 Å². The maximum absolute atomic E-state index is 10.7. The van der Waals surface area contributed by atoms with E-state index in [0.717, 1.165) is 11.9 Å². The number of nitrogens with zero attached hydrogens (tertiary/aromatic N) is 3. The van der Waals surface area contributed by atoms with E-state index in [0.29, 0.717) is 17.4 Å². The monoisotopic (exact) mass is 279 g/mol. The number of rotatable bonds is 4. The maximum atomic E-state index is 10.7. The minimum absolute atomic E-state index is 0.121. The van der Waals surface area contributed by atoms with Crippen LogP contribution in [0.4, 0.5) is 17.2 Å². The smallest absolute Gasteiger partial charge is 0.289 e. The lowest BCUT2D eigenvalue weighted by Crippen LogP contribution is -1.96. The fourth-order valence-electron chi connectivity index (χ4n) is 1.77. The molecule has 98 valence electrons. The molecule has 2 aromatic heterocycles. The van der Waals surface area contributed by atoms with E-state index in [1.165, 1.54) is 18.9 Å². The highest BCUT2D eigenvalue weighted by Crippen LogP contribution is 2.39. The van der Waals surface area contributed by atoms with E-state index < -0.39 is 4.92 Å². The van der Waals surface area contributed by atoms with Crippen LogP contribution >= 0.6 is 11.6 Å². The van der Waals surface area contributed by atoms with Crippen molar-refractivity contribution in [2.75, 3.05) is 5.32 Å². The largest absolute Gasteiger partial charge is 0.336 e. The zero-order chi connectivity index (χ0) is 13.4. The number of H-pyrrole nitrogens is 1. The van der Waals surface area contributed by atoms with Crippen molar-refractivity contribution in [2.24, 2.45) is 0 Å². The highest BCUT2D eigenvalue weighted by atomic mass is 35.5. The van der Waals surface area contributed by atoms with Crippen molar-refractivity contribution >= 4 is 28.8 Å². The quantitative estimate of drug-likeness (QED) is 0.509. The topological polar surface area (TPSA) is 96.7 Å². The van der Waals surface area contributed by atoms with Crippen LogP contribution in [0, 0.1) is 10.1 Å². The second-order valence-corrected chi connectivity index (χ2v) is 4.75. The molecule has 2 aromatic rings. The molecule has 2 N–H and O–H groups in total. The van der Waals surface area contributed by atoms with Crippen LogP contribution < -0.4 is 5.32 Å². The zero-order valence-corrected chi connectivity index (χ0v) is 10.5. The number of pyridine rings is 1. The van der Waals surface area contributed by atoms with Gasteiger partial charge in [0.1, 0.15) is 6.20 Å². The van der Waals surface area contributed by atoms with Gasteiger partial charge in [-0.15, -0.1) is 0 Å². The molecular weight excluding hydrogens is 270 g/mol. The summed E-state index contributed by atoms with van der Waals surface area (Å²) in [6.07, 6.45) is 3.45. The highest BCUT2D eigenvalue weighted by Gasteiger charge is 2.25. The van der Waals surface area contributed by atoms with E-state index >= 15 is 0 Å². The van der Waals surface area contributed by atoms with Gasteiger partial charge in [0.2, 0.25) is 0 Å². The van der Waals surface area contributed by atoms with Crippen molar-refractivity contribution in [1.82, 2.24) is 15.2 Å². The van der Waals surface area contributed by atoms with Gasteiger partial charge in [-0.25, -0.2) is 4.98 Å². The Bertz CT molecular complexity index is 638. The molecule has 1 aliphatic rings. The van der Waals surface area contributed by atoms with Gasteiger partial charge in [0.25, 0.3) is 5.69 Å². The average Bonchev–Trinajstić information content (AvgIpc) is 3.13. The molecule has 0 spiro atoms. The Balaban J connectivity index is 1.84. The molecule has 0 atom stereocenters. The van der Waals surface area contributed by atoms with Gasteiger partial charge < -0.3 is 5.32 Å². The summed E-state index contributed by atoms with van der Waals surface area (Å²) in [6.45, 7) is 0. The molecule has 1 aliphatic carbocycles. The van der Waals surface area contributed by atoms with Gasteiger partial charge in [-0.05, 0) is 12.8 Å². The number of anilines is 2. The van der Waals surface area contributed by atoms with Gasteiger partial charge in [0, 0.05) is 23.7 Å². The fraction of sp³-hybridized carbons (Fsp3) is 0.273. The minimum atomic E-state index is -0.519. The molecule has 0 bridgehead atoms. The van der Waals surface area contributed by atoms with Gasteiger partial charge in [0.05, 0.1) is 10.6 Å². The first-order chi connectivity index (χ1) is 9.13. The van der Waals surface area contributed by atoms with Gasteiger partial charge >= 0.3 is 0 Å². The van der Waals surface area contributed by atoms with E-state index in [-0.39, 0.29) is 10.8 Å². The molecule has 0 saturated heterocycles. The number of hydrogen-bond acceptors (Lipinski definition) is 5. The Hall–Kier alpha value is -2.15. The third-order valence-electron chi connectivity index (χ3n) is 2.91. The number of aromatic nitrogens is 3. The average molecular weight is 280 g/mol. The van der Waals surface area contributed by atoms with Crippen LogP contribution in [-0.2, 0) is 0 Å². The van der Waals surface area contributed by atoms with Gasteiger partial charge in [0.15, 0.2) is 11.0 Å². The lowest BCUT2D eigenvalue weighted by atomic mass is 10.3. The molecule has 19 heavy (non-hydrogen) atoms. The lowest BCUT2D eigenvalue weighted by molar-refractivity contribution is -0.385. The van der Waals surface area contributed by atoms with Crippen LogP contribution in [0.15, 0.2) is 18.3 Å². The molecule has 0 aliphatic heterocycles. The summed E-state index contributed by atoms with van der Waals surface area (Å²) in [4.78, 5) is 13.9. The molecule has 2 heterocycles. The Labute approximate surface area is 113 Å². The SMILES string of the molecule is O=[N+]([O-])c1cnc(Cl)c(Nc2cc(C3CC3)[nH]n2)c1. The Kier molecular flexibility index (Phi) is 2.83. The molecule has 1 fully saturated rings. The third kappa shape index (κ3) is 2.50. The van der Waals surface area contributed by atoms with E-state index in [2.05, 4.69) is 20.5 Å². The maximum Gasteiger partial charge on any atom is 0.289 e. The van der Waals surface area contributed by atoms with Crippen molar-refractivity contribution in [3.63, 3.8) is 0 Å². The first kappa shape index (κ1) is 11.9. The minimum Gasteiger partial charge on any atom is -0.336 e. The second kappa shape index (κ2) is 4.51. The summed E-state index contributed by atoms with van der Waals surface area (Å²) in [6, 6.07) is 3.22. The summed E-state index contributed by atoms with van der Waals surface area (Å²) in [5.41, 5.74) is 1.31. The Morgan fingerprint density at radius 2 is 2.26 bits per heavy atom. The molecule has 0 radical (unpaired) electrons. The zero-order valence-electron chi connectivity index (χ0n) is 9.76. The van der Waals surface area contributed by atoms with Crippen LogP contribution in [0.5, 0.6) is 0 Å². The Morgan fingerprint density at radius 1 is 1.47 bits per heavy atom. The molecular formula is C11H10ClN5O2. The van der Waals surface area contributed by atoms with Gasteiger partial charge in [-0.1, -0.05) is 11.6 Å². The molecule has 1 saturated carbocycles. The normalized spacial score (nSPS) is 14.4. The van der Waals surface area contributed by atoms with Crippen molar-refractivity contribution in [3.8, 4) is 0 Å². The van der Waals surface area contributed by atoms with Crippen molar-refractivity contribution in [1.29, 1.82) is 0 Å². The van der Waals surface area contributed by atoms with E-state index in [4.69, 9.17) is 11.6 Å². The summed E-state index contributed by atoms with van der Waals surface area (Å²) < 4.78 is 0. The predicted octanol–water partition coefficient (Wildman–Crippen LogP) is 2.99. The van der Waals surface area contributed by atoms with E-state index in [1.54, 1.807) is 0 Å². The molecule has 0 aromatic carbocycles. The number of nitrogens with one attached hydrogen (secondary N) is 2. The number of hydrogen-bond donors (Lipinski definition) is 2. The third-order valence-corrected chi connectivity index (χ3v) is 3.21. The second-order valence-electron chi connectivity index (χ2n) is 4.40. The van der Waals surface area contributed by atoms with Gasteiger partial charge in [-0.2, -0.15) is 5.10 Å².